The molecule has 0 saturated carbocycles. The predicted molar refractivity (Wildman–Crippen MR) is 133 cm³/mol. The van der Waals surface area contributed by atoms with Crippen molar-refractivity contribution in [1.82, 2.24) is 9.97 Å². The van der Waals surface area contributed by atoms with Crippen LogP contribution in [0.2, 0.25) is 0 Å². The van der Waals surface area contributed by atoms with Gasteiger partial charge in [-0.05, 0) is 48.4 Å². The second kappa shape index (κ2) is 11.1. The molecule has 0 aliphatic heterocycles. The van der Waals surface area contributed by atoms with Gasteiger partial charge in [0.1, 0.15) is 17.6 Å². The van der Waals surface area contributed by atoms with Crippen LogP contribution in [0.15, 0.2) is 79.0 Å². The van der Waals surface area contributed by atoms with Crippen LogP contribution in [-0.2, 0) is 17.4 Å². The summed E-state index contributed by atoms with van der Waals surface area (Å²) in [4.78, 5) is 21.0. The Kier molecular flexibility index (Phi) is 7.67. The van der Waals surface area contributed by atoms with Crippen molar-refractivity contribution in [2.24, 2.45) is 5.73 Å². The molecule has 1 unspecified atom stereocenters. The molecule has 38 heavy (non-hydrogen) atoms. The number of nitrogens with one attached hydrogen (secondary N) is 1. The normalized spacial score (nSPS) is 12.0. The number of nitrogens with zero attached hydrogens (tertiary/aromatic N) is 3. The van der Waals surface area contributed by atoms with E-state index in [1.165, 1.54) is 24.3 Å². The minimum absolute atomic E-state index is 0.0825. The molecule has 10 heteroatoms. The number of benzene rings is 2. The van der Waals surface area contributed by atoms with E-state index in [0.29, 0.717) is 28.8 Å². The number of anilines is 1. The maximum Gasteiger partial charge on any atom is 0.418 e. The minimum atomic E-state index is -4.78. The molecule has 0 aliphatic carbocycles. The third-order valence-corrected chi connectivity index (χ3v) is 5.86. The van der Waals surface area contributed by atoms with E-state index < -0.39 is 35.1 Å². The van der Waals surface area contributed by atoms with Crippen LogP contribution in [0.3, 0.4) is 0 Å². The number of alkyl halides is 3. The van der Waals surface area contributed by atoms with Gasteiger partial charge in [0.05, 0.1) is 28.6 Å². The van der Waals surface area contributed by atoms with Crippen LogP contribution in [-0.4, -0.2) is 22.4 Å². The zero-order chi connectivity index (χ0) is 27.3. The van der Waals surface area contributed by atoms with Gasteiger partial charge in [-0.15, -0.1) is 0 Å². The van der Waals surface area contributed by atoms with Gasteiger partial charge in [-0.25, -0.2) is 9.37 Å². The molecule has 0 spiro atoms. The van der Waals surface area contributed by atoms with Crippen molar-refractivity contribution in [2.45, 2.75) is 18.5 Å². The molecule has 0 saturated heterocycles. The number of primary amides is 1. The van der Waals surface area contributed by atoms with E-state index in [9.17, 15) is 27.6 Å². The van der Waals surface area contributed by atoms with E-state index in [0.717, 1.165) is 18.3 Å². The molecule has 4 rings (SSSR count). The Bertz CT molecular complexity index is 1510. The van der Waals surface area contributed by atoms with E-state index in [4.69, 9.17) is 5.73 Å². The summed E-state index contributed by atoms with van der Waals surface area (Å²) in [7, 11) is 0. The zero-order valence-corrected chi connectivity index (χ0v) is 19.8. The Labute approximate surface area is 215 Å². The van der Waals surface area contributed by atoms with Crippen LogP contribution in [0, 0.1) is 17.1 Å². The summed E-state index contributed by atoms with van der Waals surface area (Å²) in [5.41, 5.74) is 5.95. The number of carbonyl (C=O) groups excluding carboxylic acids is 1. The molecule has 0 fully saturated rings. The first-order valence-electron chi connectivity index (χ1n) is 11.5. The molecule has 2 heterocycles. The highest BCUT2D eigenvalue weighted by atomic mass is 19.4. The van der Waals surface area contributed by atoms with E-state index in [2.05, 4.69) is 21.4 Å². The number of halogens is 4. The maximum absolute atomic E-state index is 13.8. The number of nitrogens with two attached hydrogens (primary N) is 1. The van der Waals surface area contributed by atoms with Crippen molar-refractivity contribution in [3.63, 3.8) is 0 Å². The Morgan fingerprint density at radius 3 is 2.55 bits per heavy atom. The fourth-order valence-corrected chi connectivity index (χ4v) is 4.14. The standard InChI is InChI=1S/C28H21F4N5O/c29-19-7-3-5-17(15-19)12-14-36-27-21(10-11-23(37-27)20-8-2-1-6-18(20)16-33)24(26(34)38)25-22(28(30,31)32)9-4-13-35-25/h1-11,13,15,24H,12,14H2,(H2,34,38)(H,36,37). The average Bonchev–Trinajstić information content (AvgIpc) is 2.89. The van der Waals surface area contributed by atoms with Crippen LogP contribution < -0.4 is 11.1 Å². The molecule has 1 amide bonds. The SMILES string of the molecule is N#Cc1ccccc1-c1ccc(C(C(N)=O)c2ncccc2C(F)(F)F)c(NCCc2cccc(F)c2)n1. The first-order valence-corrected chi connectivity index (χ1v) is 11.5. The fraction of sp³-hybridized carbons (Fsp3) is 0.143. The third-order valence-electron chi connectivity index (χ3n) is 5.86. The summed E-state index contributed by atoms with van der Waals surface area (Å²) in [6.45, 7) is 0.215. The van der Waals surface area contributed by atoms with E-state index >= 15 is 0 Å². The van der Waals surface area contributed by atoms with Crippen LogP contribution in [0.4, 0.5) is 23.4 Å². The summed E-state index contributed by atoms with van der Waals surface area (Å²) in [5.74, 6) is -2.93. The summed E-state index contributed by atoms with van der Waals surface area (Å²) < 4.78 is 55.0. The van der Waals surface area contributed by atoms with Gasteiger partial charge in [0.25, 0.3) is 0 Å². The highest BCUT2D eigenvalue weighted by molar-refractivity contribution is 5.87. The van der Waals surface area contributed by atoms with Gasteiger partial charge in [0.2, 0.25) is 5.91 Å². The fourth-order valence-electron chi connectivity index (χ4n) is 4.14. The maximum atomic E-state index is 13.8. The quantitative estimate of drug-likeness (QED) is 0.302. The largest absolute Gasteiger partial charge is 0.418 e. The predicted octanol–water partition coefficient (Wildman–Crippen LogP) is 5.44. The van der Waals surface area contributed by atoms with Gasteiger partial charge in [0.15, 0.2) is 0 Å². The van der Waals surface area contributed by atoms with Crippen molar-refractivity contribution < 1.29 is 22.4 Å². The molecule has 6 nitrogen and oxygen atoms in total. The zero-order valence-electron chi connectivity index (χ0n) is 19.8. The second-order valence-corrected chi connectivity index (χ2v) is 8.37. The van der Waals surface area contributed by atoms with Crippen molar-refractivity contribution in [1.29, 1.82) is 5.26 Å². The first-order chi connectivity index (χ1) is 18.2. The number of hydrogen-bond acceptors (Lipinski definition) is 5. The number of aromatic nitrogens is 2. The number of pyridine rings is 2. The summed E-state index contributed by atoms with van der Waals surface area (Å²) in [5, 5.41) is 12.6. The molecule has 0 bridgehead atoms. The number of hydrogen-bond donors (Lipinski definition) is 2. The average molecular weight is 520 g/mol. The third kappa shape index (κ3) is 5.78. The minimum Gasteiger partial charge on any atom is -0.369 e. The topological polar surface area (TPSA) is 105 Å². The molecular formula is C28H21F4N5O. The van der Waals surface area contributed by atoms with Gasteiger partial charge < -0.3 is 11.1 Å². The van der Waals surface area contributed by atoms with E-state index in [-0.39, 0.29) is 17.9 Å². The first kappa shape index (κ1) is 26.3. The Morgan fingerprint density at radius 2 is 1.84 bits per heavy atom. The molecule has 0 aliphatic rings. The van der Waals surface area contributed by atoms with Crippen LogP contribution in [0.25, 0.3) is 11.3 Å². The van der Waals surface area contributed by atoms with Crippen molar-refractivity contribution in [3.05, 3.63) is 113 Å². The molecule has 0 radical (unpaired) electrons. The number of rotatable bonds is 8. The van der Waals surface area contributed by atoms with Gasteiger partial charge in [-0.2, -0.15) is 18.4 Å². The van der Waals surface area contributed by atoms with Crippen LogP contribution in [0.1, 0.15) is 33.9 Å². The Hall–Kier alpha value is -4.78. The molecule has 3 N–H and O–H groups in total. The summed E-state index contributed by atoms with van der Waals surface area (Å²) in [6, 6.07) is 19.7. The highest BCUT2D eigenvalue weighted by Gasteiger charge is 2.39. The lowest BCUT2D eigenvalue weighted by Gasteiger charge is -2.21. The smallest absolute Gasteiger partial charge is 0.369 e. The lowest BCUT2D eigenvalue weighted by atomic mass is 9.90. The number of carbonyl (C=O) groups is 1. The van der Waals surface area contributed by atoms with Crippen molar-refractivity contribution in [3.8, 4) is 17.3 Å². The molecule has 2 aromatic carbocycles. The summed E-state index contributed by atoms with van der Waals surface area (Å²) in [6.07, 6.45) is -3.26. The number of nitriles is 1. The van der Waals surface area contributed by atoms with E-state index in [1.807, 2.05) is 0 Å². The number of amides is 1. The van der Waals surface area contributed by atoms with Gasteiger partial charge in [0, 0.05) is 23.9 Å². The van der Waals surface area contributed by atoms with Crippen molar-refractivity contribution in [2.75, 3.05) is 11.9 Å². The Balaban J connectivity index is 1.81. The lowest BCUT2D eigenvalue weighted by Crippen LogP contribution is -2.27. The van der Waals surface area contributed by atoms with E-state index in [1.54, 1.807) is 36.4 Å². The Morgan fingerprint density at radius 1 is 1.05 bits per heavy atom. The molecule has 1 atom stereocenters. The second-order valence-electron chi connectivity index (χ2n) is 8.37. The highest BCUT2D eigenvalue weighted by Crippen LogP contribution is 2.38. The molecular weight excluding hydrogens is 498 g/mol. The molecule has 192 valence electrons. The van der Waals surface area contributed by atoms with Crippen LogP contribution >= 0.6 is 0 Å². The van der Waals surface area contributed by atoms with Crippen molar-refractivity contribution >= 4 is 11.7 Å². The van der Waals surface area contributed by atoms with Gasteiger partial charge in [-0.1, -0.05) is 36.4 Å². The summed E-state index contributed by atoms with van der Waals surface area (Å²) >= 11 is 0. The monoisotopic (exact) mass is 519 g/mol. The van der Waals surface area contributed by atoms with Crippen LogP contribution in [0.5, 0.6) is 0 Å². The molecule has 4 aromatic rings. The van der Waals surface area contributed by atoms with Gasteiger partial charge >= 0.3 is 6.18 Å². The van der Waals surface area contributed by atoms with Gasteiger partial charge in [-0.3, -0.25) is 9.78 Å². The lowest BCUT2D eigenvalue weighted by molar-refractivity contribution is -0.138. The molecule has 2 aromatic heterocycles.